The molecule has 5 nitrogen and oxygen atoms in total. The third-order valence-electron chi connectivity index (χ3n) is 14.3. The van der Waals surface area contributed by atoms with E-state index in [1.807, 2.05) is 0 Å². The highest BCUT2D eigenvalue weighted by Gasteiger charge is 2.16. The van der Waals surface area contributed by atoms with Crippen LogP contribution in [0.15, 0.2) is 60.8 Å². The van der Waals surface area contributed by atoms with E-state index in [0.717, 1.165) is 64.2 Å². The number of aliphatic hydroxyl groups is 1. The zero-order valence-corrected chi connectivity index (χ0v) is 48.2. The molecule has 0 aliphatic rings. The van der Waals surface area contributed by atoms with E-state index < -0.39 is 6.10 Å². The Labute approximate surface area is 449 Å². The number of carbonyl (C=O) groups excluding carboxylic acids is 2. The predicted molar refractivity (Wildman–Crippen MR) is 316 cm³/mol. The number of hydrogen-bond donors (Lipinski definition) is 1. The molecule has 5 heteroatoms. The van der Waals surface area contributed by atoms with E-state index in [2.05, 4.69) is 74.6 Å². The summed E-state index contributed by atoms with van der Waals surface area (Å²) >= 11 is 0. The molecule has 0 bridgehead atoms. The van der Waals surface area contributed by atoms with Gasteiger partial charge in [-0.05, 0) is 57.8 Å². The van der Waals surface area contributed by atoms with Crippen molar-refractivity contribution in [3.05, 3.63) is 60.8 Å². The van der Waals surface area contributed by atoms with Crippen molar-refractivity contribution in [1.82, 2.24) is 0 Å². The Morgan fingerprint density at radius 2 is 0.597 bits per heavy atom. The van der Waals surface area contributed by atoms with E-state index in [1.165, 1.54) is 244 Å². The lowest BCUT2D eigenvalue weighted by Gasteiger charge is -2.15. The van der Waals surface area contributed by atoms with Crippen LogP contribution in [0.3, 0.4) is 0 Å². The molecule has 0 aromatic rings. The lowest BCUT2D eigenvalue weighted by molar-refractivity contribution is -0.161. The molecule has 0 spiro atoms. The van der Waals surface area contributed by atoms with Crippen LogP contribution >= 0.6 is 0 Å². The standard InChI is InChI=1S/C67H122O5/c1-3-5-7-9-11-13-15-17-19-21-23-25-26-27-28-29-30-31-32-33-34-35-36-37-38-39-40-42-44-46-48-50-52-54-56-58-60-62-67(70)72-65(63-68)64-71-66(69)61-59-57-55-53-51-49-47-45-43-41-24-22-20-18-16-14-12-10-8-6-4-2/h5,7,11,13,17,19,23,25,27-28,65,68H,3-4,6,8-10,12,14-16,18,20-22,24,26,29-64H2,1-2H3/b7-5-,13-11-,19-17-,25-23-,28-27-. The Morgan fingerprint density at radius 3 is 0.903 bits per heavy atom. The fraction of sp³-hybridized carbons (Fsp3) is 0.821. The maximum absolute atomic E-state index is 12.3. The van der Waals surface area contributed by atoms with E-state index in [-0.39, 0.29) is 25.2 Å². The monoisotopic (exact) mass is 1010 g/mol. The van der Waals surface area contributed by atoms with Crippen LogP contribution in [0.4, 0.5) is 0 Å². The van der Waals surface area contributed by atoms with Crippen molar-refractivity contribution in [2.45, 2.75) is 341 Å². The number of rotatable bonds is 59. The minimum atomic E-state index is -0.769. The summed E-state index contributed by atoms with van der Waals surface area (Å²) in [6, 6.07) is 0. The first kappa shape index (κ1) is 69.6. The zero-order valence-electron chi connectivity index (χ0n) is 48.2. The van der Waals surface area contributed by atoms with Crippen molar-refractivity contribution in [3.63, 3.8) is 0 Å². The maximum atomic E-state index is 12.3. The second-order valence-corrected chi connectivity index (χ2v) is 21.5. The zero-order chi connectivity index (χ0) is 52.0. The highest BCUT2D eigenvalue weighted by Crippen LogP contribution is 2.18. The first-order chi connectivity index (χ1) is 35.6. The Bertz CT molecular complexity index is 1230. The van der Waals surface area contributed by atoms with Gasteiger partial charge in [0.1, 0.15) is 6.61 Å². The maximum Gasteiger partial charge on any atom is 0.306 e. The van der Waals surface area contributed by atoms with Crippen molar-refractivity contribution >= 4 is 11.9 Å². The number of carbonyl (C=O) groups is 2. The molecule has 1 N–H and O–H groups in total. The van der Waals surface area contributed by atoms with Gasteiger partial charge < -0.3 is 14.6 Å². The molecule has 0 radical (unpaired) electrons. The van der Waals surface area contributed by atoms with Gasteiger partial charge in [0.15, 0.2) is 6.10 Å². The average molecular weight is 1010 g/mol. The van der Waals surface area contributed by atoms with Gasteiger partial charge in [-0.2, -0.15) is 0 Å². The Kier molecular flexibility index (Phi) is 60.8. The van der Waals surface area contributed by atoms with Gasteiger partial charge in [-0.1, -0.05) is 325 Å². The van der Waals surface area contributed by atoms with E-state index in [0.29, 0.717) is 12.8 Å². The number of ether oxygens (including phenoxy) is 2. The quantitative estimate of drug-likeness (QED) is 0.0373. The number of aliphatic hydroxyl groups excluding tert-OH is 1. The topological polar surface area (TPSA) is 72.8 Å². The fourth-order valence-corrected chi connectivity index (χ4v) is 9.59. The minimum absolute atomic E-state index is 0.0599. The van der Waals surface area contributed by atoms with E-state index in [4.69, 9.17) is 9.47 Å². The molecular weight excluding hydrogens is 885 g/mol. The summed E-state index contributed by atoms with van der Waals surface area (Å²) in [5.74, 6) is -0.570. The number of esters is 2. The normalized spacial score (nSPS) is 12.5. The predicted octanol–water partition coefficient (Wildman–Crippen LogP) is 21.8. The second kappa shape index (κ2) is 62.9. The molecule has 0 saturated carbocycles. The summed E-state index contributed by atoms with van der Waals surface area (Å²) < 4.78 is 10.7. The Morgan fingerprint density at radius 1 is 0.333 bits per heavy atom. The third kappa shape index (κ3) is 60.2. The molecule has 1 atom stereocenters. The molecular formula is C67H122O5. The van der Waals surface area contributed by atoms with Crippen molar-refractivity contribution in [2.24, 2.45) is 0 Å². The molecule has 0 aromatic carbocycles. The largest absolute Gasteiger partial charge is 0.462 e. The van der Waals surface area contributed by atoms with Crippen LogP contribution in [0.2, 0.25) is 0 Å². The lowest BCUT2D eigenvalue weighted by atomic mass is 10.0. The third-order valence-corrected chi connectivity index (χ3v) is 14.3. The molecule has 0 saturated heterocycles. The van der Waals surface area contributed by atoms with E-state index >= 15 is 0 Å². The Balaban J connectivity index is 3.41. The summed E-state index contributed by atoms with van der Waals surface area (Å²) in [5.41, 5.74) is 0. The fourth-order valence-electron chi connectivity index (χ4n) is 9.59. The van der Waals surface area contributed by atoms with Gasteiger partial charge in [0, 0.05) is 12.8 Å². The van der Waals surface area contributed by atoms with Crippen molar-refractivity contribution in [1.29, 1.82) is 0 Å². The molecule has 0 aliphatic carbocycles. The highest BCUT2D eigenvalue weighted by atomic mass is 16.6. The summed E-state index contributed by atoms with van der Waals surface area (Å²) in [5, 5.41) is 9.67. The summed E-state index contributed by atoms with van der Waals surface area (Å²) in [4.78, 5) is 24.6. The molecule has 0 amide bonds. The smallest absolute Gasteiger partial charge is 0.306 e. The lowest BCUT2D eigenvalue weighted by Crippen LogP contribution is -2.28. The van der Waals surface area contributed by atoms with Crippen LogP contribution in [0, 0.1) is 0 Å². The van der Waals surface area contributed by atoms with Crippen LogP contribution < -0.4 is 0 Å². The molecule has 0 aliphatic heterocycles. The van der Waals surface area contributed by atoms with Crippen molar-refractivity contribution in [2.75, 3.05) is 13.2 Å². The SMILES string of the molecule is CC/C=C\C/C=C\C/C=C\C/C=C\C/C=C\CCCCCCCCCCCCCCCCCCCCCCCC(=O)OC(CO)COC(=O)CCCCCCCCCCCCCCCCCCCCCCC. The minimum Gasteiger partial charge on any atom is -0.462 e. The van der Waals surface area contributed by atoms with Gasteiger partial charge >= 0.3 is 11.9 Å². The number of hydrogen-bond acceptors (Lipinski definition) is 5. The number of unbranched alkanes of at least 4 members (excludes halogenated alkanes) is 41. The summed E-state index contributed by atoms with van der Waals surface area (Å²) in [7, 11) is 0. The molecule has 0 heterocycles. The molecule has 420 valence electrons. The van der Waals surface area contributed by atoms with Gasteiger partial charge in [0.2, 0.25) is 0 Å². The van der Waals surface area contributed by atoms with E-state index in [1.54, 1.807) is 0 Å². The van der Waals surface area contributed by atoms with Gasteiger partial charge in [0.05, 0.1) is 6.61 Å². The van der Waals surface area contributed by atoms with Gasteiger partial charge in [-0.3, -0.25) is 9.59 Å². The van der Waals surface area contributed by atoms with Crippen LogP contribution in [0.25, 0.3) is 0 Å². The molecule has 0 rings (SSSR count). The van der Waals surface area contributed by atoms with Gasteiger partial charge in [-0.25, -0.2) is 0 Å². The average Bonchev–Trinajstić information content (AvgIpc) is 3.38. The first-order valence-corrected chi connectivity index (χ1v) is 31.8. The second-order valence-electron chi connectivity index (χ2n) is 21.5. The molecule has 72 heavy (non-hydrogen) atoms. The van der Waals surface area contributed by atoms with Crippen LogP contribution in [-0.2, 0) is 19.1 Å². The molecule has 0 fully saturated rings. The first-order valence-electron chi connectivity index (χ1n) is 31.8. The van der Waals surface area contributed by atoms with Crippen LogP contribution in [-0.4, -0.2) is 36.4 Å². The van der Waals surface area contributed by atoms with Gasteiger partial charge in [0.25, 0.3) is 0 Å². The van der Waals surface area contributed by atoms with Gasteiger partial charge in [-0.15, -0.1) is 0 Å². The van der Waals surface area contributed by atoms with Crippen molar-refractivity contribution in [3.8, 4) is 0 Å². The summed E-state index contributed by atoms with van der Waals surface area (Å²) in [6.45, 7) is 4.08. The Hall–Kier alpha value is -2.40. The number of allylic oxidation sites excluding steroid dienone is 10. The van der Waals surface area contributed by atoms with E-state index in [9.17, 15) is 14.7 Å². The summed E-state index contributed by atoms with van der Waals surface area (Å²) in [6.07, 6.45) is 85.2. The van der Waals surface area contributed by atoms with Crippen LogP contribution in [0.5, 0.6) is 0 Å². The molecule has 0 aromatic heterocycles. The molecule has 1 unspecified atom stereocenters. The van der Waals surface area contributed by atoms with Crippen molar-refractivity contribution < 1.29 is 24.2 Å². The van der Waals surface area contributed by atoms with Crippen LogP contribution in [0.1, 0.15) is 335 Å². The highest BCUT2D eigenvalue weighted by molar-refractivity contribution is 5.70.